The molecular weight excluding hydrogens is 364 g/mol. The van der Waals surface area contributed by atoms with Crippen LogP contribution in [0.4, 0.5) is 5.69 Å². The topological polar surface area (TPSA) is 70.5 Å². The summed E-state index contributed by atoms with van der Waals surface area (Å²) in [6, 6.07) is 7.94. The highest BCUT2D eigenvalue weighted by Gasteiger charge is 2.47. The summed E-state index contributed by atoms with van der Waals surface area (Å²) in [6.07, 6.45) is 3.21. The Hall–Kier alpha value is -2.66. The van der Waals surface area contributed by atoms with Crippen LogP contribution in [0.3, 0.4) is 0 Å². The van der Waals surface area contributed by atoms with Crippen molar-refractivity contribution >= 4 is 29.0 Å². The molecule has 5 nitrogen and oxygen atoms in total. The molecule has 1 unspecified atom stereocenters. The molecule has 3 rings (SSSR count). The predicted molar refractivity (Wildman–Crippen MR) is 105 cm³/mol. The molecule has 0 saturated carbocycles. The Morgan fingerprint density at radius 2 is 1.96 bits per heavy atom. The third-order valence-corrected chi connectivity index (χ3v) is 4.80. The van der Waals surface area contributed by atoms with E-state index >= 15 is 0 Å². The molecule has 1 aliphatic heterocycles. The number of amides is 1. The molecule has 2 heterocycles. The Labute approximate surface area is 163 Å². The lowest BCUT2D eigenvalue weighted by Gasteiger charge is -2.29. The first kappa shape index (κ1) is 19.1. The highest BCUT2D eigenvalue weighted by Crippen LogP contribution is 2.44. The van der Waals surface area contributed by atoms with Crippen molar-refractivity contribution < 1.29 is 14.7 Å². The highest BCUT2D eigenvalue weighted by atomic mass is 35.5. The summed E-state index contributed by atoms with van der Waals surface area (Å²) in [5.74, 6) is -1.44. The zero-order valence-corrected chi connectivity index (χ0v) is 16.4. The Kier molecular flexibility index (Phi) is 4.82. The number of aromatic nitrogens is 1. The number of halogens is 1. The summed E-state index contributed by atoms with van der Waals surface area (Å²) in [5.41, 5.74) is 1.31. The van der Waals surface area contributed by atoms with Gasteiger partial charge in [0.15, 0.2) is 11.5 Å². The fourth-order valence-electron chi connectivity index (χ4n) is 3.18. The van der Waals surface area contributed by atoms with Crippen molar-refractivity contribution in [3.63, 3.8) is 0 Å². The van der Waals surface area contributed by atoms with Crippen molar-refractivity contribution in [2.24, 2.45) is 5.41 Å². The van der Waals surface area contributed by atoms with Crippen LogP contribution in [0.15, 0.2) is 54.1 Å². The van der Waals surface area contributed by atoms with Gasteiger partial charge in [0.25, 0.3) is 5.91 Å². The van der Waals surface area contributed by atoms with Crippen molar-refractivity contribution in [1.82, 2.24) is 4.98 Å². The molecule has 0 bridgehead atoms. The summed E-state index contributed by atoms with van der Waals surface area (Å²) in [4.78, 5) is 31.6. The number of nitrogens with zero attached hydrogens (tertiary/aromatic N) is 2. The molecule has 1 aromatic carbocycles. The lowest BCUT2D eigenvalue weighted by Crippen LogP contribution is -2.33. The molecule has 27 heavy (non-hydrogen) atoms. The third kappa shape index (κ3) is 3.35. The van der Waals surface area contributed by atoms with Crippen molar-refractivity contribution in [2.45, 2.75) is 33.7 Å². The van der Waals surface area contributed by atoms with Gasteiger partial charge in [0, 0.05) is 28.5 Å². The van der Waals surface area contributed by atoms with Crippen molar-refractivity contribution in [3.05, 3.63) is 70.2 Å². The Morgan fingerprint density at radius 1 is 1.26 bits per heavy atom. The minimum absolute atomic E-state index is 0.0832. The van der Waals surface area contributed by atoms with E-state index in [0.29, 0.717) is 16.3 Å². The average molecular weight is 385 g/mol. The first-order valence-corrected chi connectivity index (χ1v) is 8.98. The largest absolute Gasteiger partial charge is 0.503 e. The van der Waals surface area contributed by atoms with Crippen molar-refractivity contribution in [2.75, 3.05) is 4.90 Å². The quantitative estimate of drug-likeness (QED) is 0.842. The number of Topliss-reactive ketones (excluding diaryl/α,β-unsaturated/α-hetero) is 1. The van der Waals surface area contributed by atoms with Gasteiger partial charge in [0.1, 0.15) is 0 Å². The molecule has 0 saturated heterocycles. The number of rotatable bonds is 3. The van der Waals surface area contributed by atoms with E-state index in [0.717, 1.165) is 5.56 Å². The van der Waals surface area contributed by atoms with Gasteiger partial charge < -0.3 is 5.11 Å². The van der Waals surface area contributed by atoms with E-state index in [1.165, 1.54) is 4.90 Å². The van der Waals surface area contributed by atoms with Crippen LogP contribution in [-0.4, -0.2) is 21.8 Å². The molecule has 1 N–H and O–H groups in total. The van der Waals surface area contributed by atoms with Gasteiger partial charge in [-0.2, -0.15) is 0 Å². The summed E-state index contributed by atoms with van der Waals surface area (Å²) in [7, 11) is 0. The summed E-state index contributed by atoms with van der Waals surface area (Å²) in [6.45, 7) is 7.12. The minimum Gasteiger partial charge on any atom is -0.503 e. The first-order chi connectivity index (χ1) is 12.6. The maximum atomic E-state index is 13.1. The van der Waals surface area contributed by atoms with Gasteiger partial charge in [-0.05, 0) is 36.2 Å². The average Bonchev–Trinajstić information content (AvgIpc) is 2.88. The summed E-state index contributed by atoms with van der Waals surface area (Å²) in [5, 5.41) is 11.1. The number of anilines is 1. The molecule has 0 radical (unpaired) electrons. The Morgan fingerprint density at radius 3 is 2.56 bits per heavy atom. The number of carbonyl (C=O) groups is 2. The fraction of sp³-hybridized carbons (Fsp3) is 0.286. The molecule has 1 aliphatic rings. The normalized spacial score (nSPS) is 17.6. The van der Waals surface area contributed by atoms with E-state index in [9.17, 15) is 14.7 Å². The molecule has 2 aromatic rings. The number of aliphatic hydroxyl groups is 1. The summed E-state index contributed by atoms with van der Waals surface area (Å²) >= 11 is 6.15. The van der Waals surface area contributed by atoms with Gasteiger partial charge in [-0.15, -0.1) is 0 Å². The van der Waals surface area contributed by atoms with Gasteiger partial charge in [-0.1, -0.05) is 44.5 Å². The number of ketones is 1. The van der Waals surface area contributed by atoms with Crippen LogP contribution in [0.25, 0.3) is 0 Å². The van der Waals surface area contributed by atoms with Crippen LogP contribution in [-0.2, 0) is 9.59 Å². The number of aliphatic hydroxyl groups excluding tert-OH is 1. The van der Waals surface area contributed by atoms with Gasteiger partial charge in [0.2, 0.25) is 0 Å². The second-order valence-electron chi connectivity index (χ2n) is 7.64. The zero-order valence-electron chi connectivity index (χ0n) is 15.7. The van der Waals surface area contributed by atoms with E-state index in [1.54, 1.807) is 63.5 Å². The number of benzene rings is 1. The highest BCUT2D eigenvalue weighted by molar-refractivity contribution is 6.31. The predicted octanol–water partition coefficient (Wildman–Crippen LogP) is 4.56. The maximum absolute atomic E-state index is 13.1. The fourth-order valence-corrected chi connectivity index (χ4v) is 3.35. The van der Waals surface area contributed by atoms with Crippen LogP contribution in [0.1, 0.15) is 37.9 Å². The van der Waals surface area contributed by atoms with Crippen LogP contribution >= 0.6 is 11.6 Å². The lowest BCUT2D eigenvalue weighted by atomic mass is 9.82. The standard InChI is InChI=1S/C21H21ClN2O3/c1-12-7-8-14(22)10-15(12)24-17(13-6-5-9-23-11-13)16(18(25)20(24)27)19(26)21(2,3)4/h5-11,17,25H,1-4H3. The summed E-state index contributed by atoms with van der Waals surface area (Å²) < 4.78 is 0. The monoisotopic (exact) mass is 384 g/mol. The minimum atomic E-state index is -0.768. The van der Waals surface area contributed by atoms with Crippen LogP contribution < -0.4 is 4.90 Å². The molecular formula is C21H21ClN2O3. The van der Waals surface area contributed by atoms with Crippen LogP contribution in [0, 0.1) is 12.3 Å². The number of aryl methyl sites for hydroxylation is 1. The maximum Gasteiger partial charge on any atom is 0.294 e. The second kappa shape index (κ2) is 6.82. The molecule has 0 spiro atoms. The second-order valence-corrected chi connectivity index (χ2v) is 8.07. The molecule has 0 fully saturated rings. The van der Waals surface area contributed by atoms with E-state index < -0.39 is 23.1 Å². The lowest BCUT2D eigenvalue weighted by molar-refractivity contribution is -0.123. The van der Waals surface area contributed by atoms with Gasteiger partial charge >= 0.3 is 0 Å². The van der Waals surface area contributed by atoms with Gasteiger partial charge in [-0.3, -0.25) is 19.5 Å². The SMILES string of the molecule is Cc1ccc(Cl)cc1N1C(=O)C(O)=C(C(=O)C(C)(C)C)C1c1cccnc1. The third-order valence-electron chi connectivity index (χ3n) is 4.56. The molecule has 1 atom stereocenters. The van der Waals surface area contributed by atoms with Crippen LogP contribution in [0.5, 0.6) is 0 Å². The zero-order chi connectivity index (χ0) is 19.9. The Balaban J connectivity index is 2.25. The molecule has 0 aliphatic carbocycles. The number of hydrogen-bond donors (Lipinski definition) is 1. The van der Waals surface area contributed by atoms with E-state index in [2.05, 4.69) is 4.98 Å². The van der Waals surface area contributed by atoms with E-state index in [1.807, 2.05) is 6.92 Å². The van der Waals surface area contributed by atoms with E-state index in [4.69, 9.17) is 11.6 Å². The van der Waals surface area contributed by atoms with Crippen LogP contribution in [0.2, 0.25) is 5.02 Å². The first-order valence-electron chi connectivity index (χ1n) is 8.60. The molecule has 6 heteroatoms. The number of hydrogen-bond acceptors (Lipinski definition) is 4. The number of pyridine rings is 1. The number of carbonyl (C=O) groups excluding carboxylic acids is 2. The molecule has 1 aromatic heterocycles. The van der Waals surface area contributed by atoms with Gasteiger partial charge in [-0.25, -0.2) is 0 Å². The molecule has 1 amide bonds. The Bertz CT molecular complexity index is 946. The van der Waals surface area contributed by atoms with Crippen molar-refractivity contribution in [1.29, 1.82) is 0 Å². The molecule has 140 valence electrons. The van der Waals surface area contributed by atoms with Gasteiger partial charge in [0.05, 0.1) is 11.6 Å². The van der Waals surface area contributed by atoms with Crippen molar-refractivity contribution in [3.8, 4) is 0 Å². The smallest absolute Gasteiger partial charge is 0.294 e. The van der Waals surface area contributed by atoms with E-state index in [-0.39, 0.29) is 11.4 Å².